The second-order valence-corrected chi connectivity index (χ2v) is 6.62. The van der Waals surface area contributed by atoms with Crippen molar-refractivity contribution < 1.29 is 14.3 Å². The minimum Gasteiger partial charge on any atom is -0.491 e. The van der Waals surface area contributed by atoms with Gasteiger partial charge in [-0.2, -0.15) is 0 Å². The van der Waals surface area contributed by atoms with Crippen LogP contribution in [0.5, 0.6) is 5.75 Å². The van der Waals surface area contributed by atoms with Crippen LogP contribution in [-0.2, 0) is 4.74 Å². The van der Waals surface area contributed by atoms with Crippen LogP contribution in [0.2, 0.25) is 0 Å². The van der Waals surface area contributed by atoms with E-state index in [1.807, 2.05) is 49.4 Å². The van der Waals surface area contributed by atoms with Crippen molar-refractivity contribution in [1.29, 1.82) is 0 Å². The maximum atomic E-state index is 12.4. The van der Waals surface area contributed by atoms with Crippen LogP contribution in [0.4, 0.5) is 4.79 Å². The van der Waals surface area contributed by atoms with Gasteiger partial charge in [0.25, 0.3) is 0 Å². The molecule has 1 aliphatic rings. The third-order valence-corrected chi connectivity index (χ3v) is 4.72. The van der Waals surface area contributed by atoms with Gasteiger partial charge in [0.2, 0.25) is 0 Å². The summed E-state index contributed by atoms with van der Waals surface area (Å²) in [5, 5.41) is 2.94. The van der Waals surface area contributed by atoms with Crippen molar-refractivity contribution in [3.8, 4) is 16.9 Å². The minimum atomic E-state index is -0.0621. The van der Waals surface area contributed by atoms with E-state index < -0.39 is 0 Å². The van der Waals surface area contributed by atoms with Crippen molar-refractivity contribution in [2.24, 2.45) is 0 Å². The number of hydrogen-bond donors (Lipinski definition) is 1. The Hall–Kier alpha value is -2.53. The summed E-state index contributed by atoms with van der Waals surface area (Å²) in [6.07, 6.45) is 2.28. The molecule has 0 radical (unpaired) electrons. The Kier molecular flexibility index (Phi) is 7.11. The largest absolute Gasteiger partial charge is 0.491 e. The van der Waals surface area contributed by atoms with Crippen LogP contribution in [0.25, 0.3) is 11.1 Å². The second-order valence-electron chi connectivity index (χ2n) is 6.62. The summed E-state index contributed by atoms with van der Waals surface area (Å²) in [6, 6.07) is 18.1. The average Bonchev–Trinajstić information content (AvgIpc) is 3.23. The highest BCUT2D eigenvalue weighted by Crippen LogP contribution is 2.29. The molecule has 2 amide bonds. The molecule has 1 atom stereocenters. The molecule has 0 bridgehead atoms. The molecular formula is C22H28N2O3. The summed E-state index contributed by atoms with van der Waals surface area (Å²) in [5.74, 6) is 0.824. The number of rotatable bonds is 8. The Morgan fingerprint density at radius 2 is 1.96 bits per heavy atom. The molecule has 0 aliphatic carbocycles. The van der Waals surface area contributed by atoms with Crippen LogP contribution in [0, 0.1) is 0 Å². The van der Waals surface area contributed by atoms with Crippen LogP contribution < -0.4 is 10.1 Å². The average molecular weight is 368 g/mol. The summed E-state index contributed by atoms with van der Waals surface area (Å²) in [4.78, 5) is 14.2. The van der Waals surface area contributed by atoms with E-state index in [2.05, 4.69) is 17.4 Å². The molecule has 1 unspecified atom stereocenters. The Morgan fingerprint density at radius 1 is 1.19 bits per heavy atom. The normalized spacial score (nSPS) is 16.1. The lowest BCUT2D eigenvalue weighted by molar-refractivity contribution is 0.0825. The molecule has 3 rings (SSSR count). The fourth-order valence-electron chi connectivity index (χ4n) is 3.27. The van der Waals surface area contributed by atoms with E-state index in [1.54, 1.807) is 4.90 Å². The maximum absolute atomic E-state index is 12.4. The molecule has 0 aromatic heterocycles. The number of nitrogens with zero attached hydrogens (tertiary/aromatic N) is 1. The van der Waals surface area contributed by atoms with Crippen LogP contribution in [-0.4, -0.2) is 49.9 Å². The monoisotopic (exact) mass is 368 g/mol. The number of carbonyl (C=O) groups excluding carboxylic acids is 1. The number of para-hydroxylation sites is 1. The number of benzene rings is 2. The van der Waals surface area contributed by atoms with Gasteiger partial charge in [0.15, 0.2) is 0 Å². The zero-order chi connectivity index (χ0) is 18.9. The number of likely N-dealkylation sites (N-methyl/N-ethyl adjacent to an activating group) is 1. The van der Waals surface area contributed by atoms with E-state index >= 15 is 0 Å². The van der Waals surface area contributed by atoms with Gasteiger partial charge in [0, 0.05) is 25.3 Å². The summed E-state index contributed by atoms with van der Waals surface area (Å²) >= 11 is 0. The lowest BCUT2D eigenvalue weighted by atomic mass is 10.1. The van der Waals surface area contributed by atoms with Crippen molar-refractivity contribution >= 4 is 6.03 Å². The molecule has 27 heavy (non-hydrogen) atoms. The molecule has 1 N–H and O–H groups in total. The molecule has 2 aromatic rings. The number of hydrogen-bond acceptors (Lipinski definition) is 3. The minimum absolute atomic E-state index is 0.0621. The van der Waals surface area contributed by atoms with Gasteiger partial charge in [-0.05, 0) is 31.4 Å². The molecule has 1 heterocycles. The van der Waals surface area contributed by atoms with E-state index in [4.69, 9.17) is 9.47 Å². The summed E-state index contributed by atoms with van der Waals surface area (Å²) in [5.41, 5.74) is 2.17. The van der Waals surface area contributed by atoms with Gasteiger partial charge in [-0.25, -0.2) is 4.79 Å². The van der Waals surface area contributed by atoms with Crippen LogP contribution >= 0.6 is 0 Å². The quantitative estimate of drug-likeness (QED) is 0.718. The van der Waals surface area contributed by atoms with Crippen molar-refractivity contribution in [3.63, 3.8) is 0 Å². The third kappa shape index (κ3) is 5.47. The van der Waals surface area contributed by atoms with Crippen LogP contribution in [0.15, 0.2) is 54.6 Å². The SMILES string of the molecule is CCN(CC1CCCO1)C(=O)NCCOc1ccccc1-c1ccccc1. The zero-order valence-corrected chi connectivity index (χ0v) is 15.9. The Bertz CT molecular complexity index is 715. The predicted molar refractivity (Wildman–Crippen MR) is 107 cm³/mol. The molecule has 0 saturated carbocycles. The highest BCUT2D eigenvalue weighted by atomic mass is 16.5. The molecule has 1 fully saturated rings. The zero-order valence-electron chi connectivity index (χ0n) is 15.9. The standard InChI is InChI=1S/C22H28N2O3/c1-2-24(17-19-11-8-15-26-19)22(25)23-14-16-27-21-13-7-6-12-20(21)18-9-4-3-5-10-18/h3-7,9-10,12-13,19H,2,8,11,14-17H2,1H3,(H,23,25). The molecular weight excluding hydrogens is 340 g/mol. The third-order valence-electron chi connectivity index (χ3n) is 4.72. The lowest BCUT2D eigenvalue weighted by Crippen LogP contribution is -2.44. The smallest absolute Gasteiger partial charge is 0.317 e. The first kappa shape index (κ1) is 19.2. The molecule has 2 aromatic carbocycles. The van der Waals surface area contributed by atoms with Crippen molar-refractivity contribution in [2.45, 2.75) is 25.9 Å². The van der Waals surface area contributed by atoms with E-state index in [1.165, 1.54) is 0 Å². The number of amides is 2. The van der Waals surface area contributed by atoms with Gasteiger partial charge in [-0.1, -0.05) is 48.5 Å². The van der Waals surface area contributed by atoms with Gasteiger partial charge in [-0.15, -0.1) is 0 Å². The number of urea groups is 1. The topological polar surface area (TPSA) is 50.8 Å². The Balaban J connectivity index is 1.48. The highest BCUT2D eigenvalue weighted by Gasteiger charge is 2.21. The summed E-state index contributed by atoms with van der Waals surface area (Å²) in [7, 11) is 0. The first-order chi connectivity index (χ1) is 13.3. The van der Waals surface area contributed by atoms with Crippen LogP contribution in [0.1, 0.15) is 19.8 Å². The van der Waals surface area contributed by atoms with Gasteiger partial charge in [-0.3, -0.25) is 0 Å². The fourth-order valence-corrected chi connectivity index (χ4v) is 3.27. The summed E-state index contributed by atoms with van der Waals surface area (Å²) in [6.45, 7) is 5.00. The second kappa shape index (κ2) is 9.97. The van der Waals surface area contributed by atoms with Gasteiger partial charge in [0.1, 0.15) is 12.4 Å². The van der Waals surface area contributed by atoms with Gasteiger partial charge >= 0.3 is 6.03 Å². The van der Waals surface area contributed by atoms with Crippen molar-refractivity contribution in [2.75, 3.05) is 32.8 Å². The lowest BCUT2D eigenvalue weighted by Gasteiger charge is -2.24. The maximum Gasteiger partial charge on any atom is 0.317 e. The number of carbonyl (C=O) groups is 1. The molecule has 1 aliphatic heterocycles. The van der Waals surface area contributed by atoms with Gasteiger partial charge < -0.3 is 19.7 Å². The molecule has 5 nitrogen and oxygen atoms in total. The van der Waals surface area contributed by atoms with E-state index in [0.29, 0.717) is 26.2 Å². The Morgan fingerprint density at radius 3 is 2.70 bits per heavy atom. The number of ether oxygens (including phenoxy) is 2. The first-order valence-electron chi connectivity index (χ1n) is 9.69. The molecule has 0 spiro atoms. The molecule has 5 heteroatoms. The van der Waals surface area contributed by atoms with Crippen molar-refractivity contribution in [1.82, 2.24) is 10.2 Å². The van der Waals surface area contributed by atoms with E-state index in [9.17, 15) is 4.79 Å². The van der Waals surface area contributed by atoms with Crippen LogP contribution in [0.3, 0.4) is 0 Å². The highest BCUT2D eigenvalue weighted by molar-refractivity contribution is 5.74. The van der Waals surface area contributed by atoms with E-state index in [0.717, 1.165) is 36.3 Å². The fraction of sp³-hybridized carbons (Fsp3) is 0.409. The first-order valence-corrected chi connectivity index (χ1v) is 9.69. The predicted octanol–water partition coefficient (Wildman–Crippen LogP) is 3.94. The van der Waals surface area contributed by atoms with Crippen molar-refractivity contribution in [3.05, 3.63) is 54.6 Å². The molecule has 1 saturated heterocycles. The summed E-state index contributed by atoms with van der Waals surface area (Å²) < 4.78 is 11.6. The number of nitrogens with one attached hydrogen (secondary N) is 1. The molecule has 144 valence electrons. The Labute approximate surface area is 161 Å². The van der Waals surface area contributed by atoms with E-state index in [-0.39, 0.29) is 12.1 Å². The van der Waals surface area contributed by atoms with Gasteiger partial charge in [0.05, 0.1) is 12.6 Å².